The van der Waals surface area contributed by atoms with Crippen LogP contribution in [0.4, 0.5) is 5.69 Å². The van der Waals surface area contributed by atoms with E-state index < -0.39 is 0 Å². The van der Waals surface area contributed by atoms with Gasteiger partial charge >= 0.3 is 0 Å². The van der Waals surface area contributed by atoms with Gasteiger partial charge in [-0.3, -0.25) is 9.69 Å². The van der Waals surface area contributed by atoms with Crippen molar-refractivity contribution in [2.45, 2.75) is 25.4 Å². The van der Waals surface area contributed by atoms with Crippen LogP contribution in [0.5, 0.6) is 11.5 Å². The predicted molar refractivity (Wildman–Crippen MR) is 120 cm³/mol. The normalized spacial score (nSPS) is 14.9. The number of methoxy groups -OCH3 is 2. The van der Waals surface area contributed by atoms with Crippen molar-refractivity contribution in [1.82, 2.24) is 4.90 Å². The Bertz CT molecular complexity index is 977. The maximum atomic E-state index is 13.6. The lowest BCUT2D eigenvalue weighted by Crippen LogP contribution is -2.47. The molecule has 0 saturated carbocycles. The fourth-order valence-corrected chi connectivity index (χ4v) is 4.10. The van der Waals surface area contributed by atoms with Gasteiger partial charge in [-0.1, -0.05) is 6.07 Å². The van der Waals surface area contributed by atoms with Crippen molar-refractivity contribution in [3.8, 4) is 11.5 Å². The number of piperidine rings is 1. The molecule has 31 heavy (non-hydrogen) atoms. The number of amides is 1. The first-order chi connectivity index (χ1) is 15.2. The van der Waals surface area contributed by atoms with E-state index in [1.807, 2.05) is 59.5 Å². The molecule has 6 nitrogen and oxygen atoms in total. The summed E-state index contributed by atoms with van der Waals surface area (Å²) >= 11 is 0. The number of nitrogens with zero attached hydrogens (tertiary/aromatic N) is 2. The molecule has 1 fully saturated rings. The third-order valence-corrected chi connectivity index (χ3v) is 5.80. The van der Waals surface area contributed by atoms with E-state index in [0.717, 1.165) is 49.7 Å². The summed E-state index contributed by atoms with van der Waals surface area (Å²) in [6, 6.07) is 17.1. The summed E-state index contributed by atoms with van der Waals surface area (Å²) in [4.78, 5) is 17.9. The Morgan fingerprint density at radius 3 is 2.42 bits per heavy atom. The Kier molecular flexibility index (Phi) is 6.57. The van der Waals surface area contributed by atoms with Crippen LogP contribution >= 0.6 is 0 Å². The Morgan fingerprint density at radius 2 is 1.77 bits per heavy atom. The van der Waals surface area contributed by atoms with Gasteiger partial charge in [-0.2, -0.15) is 0 Å². The first-order valence-electron chi connectivity index (χ1n) is 10.5. The number of ether oxygens (including phenoxy) is 2. The van der Waals surface area contributed by atoms with Gasteiger partial charge in [-0.25, -0.2) is 0 Å². The number of benzene rings is 2. The van der Waals surface area contributed by atoms with Crippen molar-refractivity contribution in [3.63, 3.8) is 0 Å². The van der Waals surface area contributed by atoms with Crippen molar-refractivity contribution >= 4 is 11.6 Å². The fraction of sp³-hybridized carbons (Fsp3) is 0.320. The molecule has 6 heteroatoms. The van der Waals surface area contributed by atoms with Crippen LogP contribution in [0.25, 0.3) is 0 Å². The minimum atomic E-state index is -0.0100. The molecule has 2 aromatic carbocycles. The summed E-state index contributed by atoms with van der Waals surface area (Å²) in [5.74, 6) is 1.46. The molecule has 0 unspecified atom stereocenters. The summed E-state index contributed by atoms with van der Waals surface area (Å²) < 4.78 is 15.8. The van der Waals surface area contributed by atoms with Crippen LogP contribution in [0.15, 0.2) is 71.5 Å². The van der Waals surface area contributed by atoms with Gasteiger partial charge in [-0.05, 0) is 55.3 Å². The molecular formula is C25H28N2O4. The second-order valence-corrected chi connectivity index (χ2v) is 7.74. The van der Waals surface area contributed by atoms with E-state index >= 15 is 0 Å². The van der Waals surface area contributed by atoms with E-state index in [-0.39, 0.29) is 11.9 Å². The molecule has 1 aromatic heterocycles. The number of hydrogen-bond donors (Lipinski definition) is 0. The zero-order valence-corrected chi connectivity index (χ0v) is 18.0. The number of carbonyl (C=O) groups is 1. The summed E-state index contributed by atoms with van der Waals surface area (Å²) in [7, 11) is 3.26. The first-order valence-corrected chi connectivity index (χ1v) is 10.5. The van der Waals surface area contributed by atoms with Gasteiger partial charge in [-0.15, -0.1) is 0 Å². The van der Waals surface area contributed by atoms with E-state index in [1.54, 1.807) is 26.7 Å². The van der Waals surface area contributed by atoms with Gasteiger partial charge in [0.25, 0.3) is 5.91 Å². The molecule has 0 aliphatic carbocycles. The molecule has 0 radical (unpaired) electrons. The lowest BCUT2D eigenvalue weighted by molar-refractivity contribution is 0.0958. The third-order valence-electron chi connectivity index (χ3n) is 5.80. The monoisotopic (exact) mass is 420 g/mol. The average molecular weight is 421 g/mol. The van der Waals surface area contributed by atoms with Gasteiger partial charge in [0, 0.05) is 48.6 Å². The van der Waals surface area contributed by atoms with Crippen LogP contribution in [0.2, 0.25) is 0 Å². The smallest absolute Gasteiger partial charge is 0.258 e. The highest BCUT2D eigenvalue weighted by Crippen LogP contribution is 2.29. The number of hydrogen-bond acceptors (Lipinski definition) is 5. The van der Waals surface area contributed by atoms with E-state index in [9.17, 15) is 4.79 Å². The van der Waals surface area contributed by atoms with Gasteiger partial charge in [0.1, 0.15) is 11.5 Å². The quantitative estimate of drug-likeness (QED) is 0.559. The predicted octanol–water partition coefficient (Wildman–Crippen LogP) is 4.61. The van der Waals surface area contributed by atoms with Gasteiger partial charge in [0.2, 0.25) is 0 Å². The van der Waals surface area contributed by atoms with Crippen LogP contribution < -0.4 is 14.4 Å². The Hall–Kier alpha value is -3.25. The minimum Gasteiger partial charge on any atom is -0.497 e. The van der Waals surface area contributed by atoms with Crippen molar-refractivity contribution in [1.29, 1.82) is 0 Å². The second kappa shape index (κ2) is 9.71. The Labute approximate surface area is 183 Å². The maximum Gasteiger partial charge on any atom is 0.258 e. The molecule has 1 aliphatic heterocycles. The molecule has 0 spiro atoms. The summed E-state index contributed by atoms with van der Waals surface area (Å²) in [6.07, 6.45) is 5.30. The second-order valence-electron chi connectivity index (χ2n) is 7.74. The molecule has 0 bridgehead atoms. The molecule has 0 N–H and O–H groups in total. The average Bonchev–Trinajstić information content (AvgIpc) is 3.33. The van der Waals surface area contributed by atoms with E-state index in [1.165, 1.54) is 5.56 Å². The number of likely N-dealkylation sites (tertiary alicyclic amines) is 1. The molecular weight excluding hydrogens is 392 g/mol. The van der Waals surface area contributed by atoms with E-state index in [0.29, 0.717) is 5.56 Å². The zero-order valence-electron chi connectivity index (χ0n) is 18.0. The number of anilines is 1. The Morgan fingerprint density at radius 1 is 1.03 bits per heavy atom. The SMILES string of the molecule is COc1ccc(C(=O)N(c2cccc(OC)c2)C2CCN(Cc3ccoc3)CC2)cc1. The molecule has 1 aliphatic rings. The lowest BCUT2D eigenvalue weighted by Gasteiger charge is -2.38. The lowest BCUT2D eigenvalue weighted by atomic mass is 10.00. The van der Waals surface area contributed by atoms with Crippen molar-refractivity contribution in [2.75, 3.05) is 32.2 Å². The number of furan rings is 1. The number of carbonyl (C=O) groups excluding carboxylic acids is 1. The Balaban J connectivity index is 1.55. The topological polar surface area (TPSA) is 55.1 Å². The molecule has 1 amide bonds. The van der Waals surface area contributed by atoms with Crippen molar-refractivity contribution in [3.05, 3.63) is 78.3 Å². The van der Waals surface area contributed by atoms with E-state index in [2.05, 4.69) is 4.90 Å². The summed E-state index contributed by atoms with van der Waals surface area (Å²) in [5.41, 5.74) is 2.68. The standard InChI is InChI=1S/C25H28N2O4/c1-29-23-8-6-20(7-9-23)25(28)27(22-4-3-5-24(16-22)30-2)21-10-13-26(14-11-21)17-19-12-15-31-18-19/h3-9,12,15-16,18,21H,10-11,13-14,17H2,1-2H3. The summed E-state index contributed by atoms with van der Waals surface area (Å²) in [6.45, 7) is 2.72. The maximum absolute atomic E-state index is 13.6. The van der Waals surface area contributed by atoms with Crippen LogP contribution in [-0.2, 0) is 6.54 Å². The van der Waals surface area contributed by atoms with Crippen LogP contribution in [0, 0.1) is 0 Å². The van der Waals surface area contributed by atoms with Crippen molar-refractivity contribution < 1.29 is 18.7 Å². The van der Waals surface area contributed by atoms with Crippen LogP contribution in [0.3, 0.4) is 0 Å². The van der Waals surface area contributed by atoms with E-state index in [4.69, 9.17) is 13.9 Å². The third kappa shape index (κ3) is 4.91. The molecule has 0 atom stereocenters. The minimum absolute atomic E-state index is 0.0100. The van der Waals surface area contributed by atoms with Crippen molar-refractivity contribution in [2.24, 2.45) is 0 Å². The highest BCUT2D eigenvalue weighted by atomic mass is 16.5. The van der Waals surface area contributed by atoms with Crippen LogP contribution in [0.1, 0.15) is 28.8 Å². The van der Waals surface area contributed by atoms with Gasteiger partial charge in [0.15, 0.2) is 0 Å². The van der Waals surface area contributed by atoms with Gasteiger partial charge < -0.3 is 18.8 Å². The summed E-state index contributed by atoms with van der Waals surface area (Å²) in [5, 5.41) is 0. The first kappa shape index (κ1) is 21.0. The highest BCUT2D eigenvalue weighted by Gasteiger charge is 2.30. The molecule has 1 saturated heterocycles. The number of rotatable bonds is 7. The molecule has 4 rings (SSSR count). The molecule has 162 valence electrons. The van der Waals surface area contributed by atoms with Gasteiger partial charge in [0.05, 0.1) is 26.7 Å². The highest BCUT2D eigenvalue weighted by molar-refractivity contribution is 6.06. The fourth-order valence-electron chi connectivity index (χ4n) is 4.10. The molecule has 2 heterocycles. The largest absolute Gasteiger partial charge is 0.497 e. The van der Waals surface area contributed by atoms with Crippen LogP contribution in [-0.4, -0.2) is 44.2 Å². The zero-order chi connectivity index (χ0) is 21.6. The molecule has 3 aromatic rings.